The van der Waals surface area contributed by atoms with Crippen LogP contribution in [-0.4, -0.2) is 28.2 Å². The van der Waals surface area contributed by atoms with Gasteiger partial charge in [0.2, 0.25) is 4.47 Å². The first-order chi connectivity index (χ1) is 6.75. The Morgan fingerprint density at radius 3 is 2.71 bits per heavy atom. The van der Waals surface area contributed by atoms with E-state index in [1.165, 1.54) is 37.0 Å². The van der Waals surface area contributed by atoms with E-state index in [2.05, 4.69) is 22.1 Å². The first-order valence-electron chi connectivity index (χ1n) is 4.94. The van der Waals surface area contributed by atoms with Crippen LogP contribution in [0.1, 0.15) is 30.7 Å². The highest BCUT2D eigenvalue weighted by molar-refractivity contribution is 7.15. The van der Waals surface area contributed by atoms with Crippen LogP contribution in [0.3, 0.4) is 0 Å². The normalized spacial score (nSPS) is 18.2. The predicted octanol–water partition coefficient (Wildman–Crippen LogP) is 2.57. The lowest BCUT2D eigenvalue weighted by Gasteiger charge is -2.22. The molecule has 78 valence electrons. The van der Waals surface area contributed by atoms with Crippen LogP contribution >= 0.6 is 22.9 Å². The largest absolute Gasteiger partial charge is 0.297 e. The van der Waals surface area contributed by atoms with Crippen molar-refractivity contribution in [3.8, 4) is 0 Å². The lowest BCUT2D eigenvalue weighted by molar-refractivity contribution is 0.236. The Morgan fingerprint density at radius 2 is 2.14 bits per heavy atom. The van der Waals surface area contributed by atoms with E-state index in [1.807, 2.05) is 0 Å². The average Bonchev–Trinajstić information content (AvgIpc) is 2.75. The minimum absolute atomic E-state index is 0.542. The molecule has 0 bridgehead atoms. The zero-order chi connectivity index (χ0) is 9.97. The summed E-state index contributed by atoms with van der Waals surface area (Å²) in [6, 6.07) is 0.734. The topological polar surface area (TPSA) is 29.0 Å². The van der Waals surface area contributed by atoms with E-state index in [-0.39, 0.29) is 0 Å². The molecule has 0 saturated heterocycles. The van der Waals surface area contributed by atoms with Crippen molar-refractivity contribution in [1.82, 2.24) is 15.1 Å². The number of halogens is 1. The van der Waals surface area contributed by atoms with Crippen molar-refractivity contribution >= 4 is 22.9 Å². The number of hydrogen-bond acceptors (Lipinski definition) is 4. The van der Waals surface area contributed by atoms with Gasteiger partial charge in [0.15, 0.2) is 0 Å². The van der Waals surface area contributed by atoms with Crippen LogP contribution in [0, 0.1) is 0 Å². The van der Waals surface area contributed by atoms with Gasteiger partial charge in [-0.05, 0) is 31.5 Å². The molecule has 1 aliphatic carbocycles. The molecule has 0 spiro atoms. The molecule has 0 radical (unpaired) electrons. The highest BCUT2D eigenvalue weighted by Gasteiger charge is 2.20. The molecule has 0 atom stereocenters. The van der Waals surface area contributed by atoms with E-state index in [0.717, 1.165) is 17.6 Å². The fourth-order valence-corrected chi connectivity index (χ4v) is 2.92. The SMILES string of the molecule is CN(Cc1nnc(Cl)s1)C1CCCC1. The van der Waals surface area contributed by atoms with Crippen molar-refractivity contribution in [2.45, 2.75) is 38.3 Å². The van der Waals surface area contributed by atoms with Gasteiger partial charge < -0.3 is 0 Å². The second kappa shape index (κ2) is 4.55. The number of hydrogen-bond donors (Lipinski definition) is 0. The maximum atomic E-state index is 5.73. The molecule has 0 aliphatic heterocycles. The molecule has 1 aliphatic rings. The molecule has 14 heavy (non-hydrogen) atoms. The molecular formula is C9H14ClN3S. The molecule has 1 heterocycles. The number of aromatic nitrogens is 2. The van der Waals surface area contributed by atoms with Crippen LogP contribution in [0.4, 0.5) is 0 Å². The highest BCUT2D eigenvalue weighted by atomic mass is 35.5. The van der Waals surface area contributed by atoms with Gasteiger partial charge in [-0.1, -0.05) is 24.2 Å². The smallest absolute Gasteiger partial charge is 0.207 e. The minimum Gasteiger partial charge on any atom is -0.297 e. The Kier molecular flexibility index (Phi) is 3.36. The third kappa shape index (κ3) is 2.43. The monoisotopic (exact) mass is 231 g/mol. The Bertz CT molecular complexity index is 296. The standard InChI is InChI=1S/C9H14ClN3S/c1-13(7-4-2-3-5-7)6-8-11-12-9(10)14-8/h7H,2-6H2,1H3. The van der Waals surface area contributed by atoms with Crippen molar-refractivity contribution in [2.24, 2.45) is 0 Å². The maximum Gasteiger partial charge on any atom is 0.207 e. The fourth-order valence-electron chi connectivity index (χ4n) is 1.98. The van der Waals surface area contributed by atoms with E-state index < -0.39 is 0 Å². The Labute approximate surface area is 93.1 Å². The summed E-state index contributed by atoms with van der Waals surface area (Å²) >= 11 is 7.21. The molecule has 1 aromatic rings. The molecule has 0 amide bonds. The quantitative estimate of drug-likeness (QED) is 0.801. The predicted molar refractivity (Wildman–Crippen MR) is 58.6 cm³/mol. The molecular weight excluding hydrogens is 218 g/mol. The maximum absolute atomic E-state index is 5.73. The molecule has 1 saturated carbocycles. The van der Waals surface area contributed by atoms with Gasteiger partial charge in [-0.15, -0.1) is 10.2 Å². The van der Waals surface area contributed by atoms with Crippen molar-refractivity contribution in [1.29, 1.82) is 0 Å². The summed E-state index contributed by atoms with van der Waals surface area (Å²) in [4.78, 5) is 2.36. The van der Waals surface area contributed by atoms with E-state index in [0.29, 0.717) is 4.47 Å². The van der Waals surface area contributed by atoms with E-state index in [1.54, 1.807) is 0 Å². The zero-order valence-corrected chi connectivity index (χ0v) is 9.81. The van der Waals surface area contributed by atoms with Gasteiger partial charge in [0.1, 0.15) is 5.01 Å². The Balaban J connectivity index is 1.90. The molecule has 0 unspecified atom stereocenters. The summed E-state index contributed by atoms with van der Waals surface area (Å²) in [6.07, 6.45) is 5.38. The Morgan fingerprint density at radius 1 is 1.43 bits per heavy atom. The van der Waals surface area contributed by atoms with Crippen molar-refractivity contribution in [3.63, 3.8) is 0 Å². The van der Waals surface area contributed by atoms with Gasteiger partial charge in [-0.25, -0.2) is 0 Å². The van der Waals surface area contributed by atoms with Crippen molar-refractivity contribution < 1.29 is 0 Å². The third-order valence-electron chi connectivity index (χ3n) is 2.77. The summed E-state index contributed by atoms with van der Waals surface area (Å²) in [6.45, 7) is 0.884. The van der Waals surface area contributed by atoms with Gasteiger partial charge in [0, 0.05) is 6.04 Å². The van der Waals surface area contributed by atoms with Gasteiger partial charge in [-0.3, -0.25) is 4.90 Å². The lowest BCUT2D eigenvalue weighted by atomic mass is 10.2. The molecule has 1 aromatic heterocycles. The molecule has 3 nitrogen and oxygen atoms in total. The fraction of sp³-hybridized carbons (Fsp3) is 0.778. The van der Waals surface area contributed by atoms with Gasteiger partial charge >= 0.3 is 0 Å². The van der Waals surface area contributed by atoms with Gasteiger partial charge in [-0.2, -0.15) is 0 Å². The van der Waals surface area contributed by atoms with Gasteiger partial charge in [0.05, 0.1) is 6.54 Å². The summed E-state index contributed by atoms with van der Waals surface area (Å²) in [5.41, 5.74) is 0. The minimum atomic E-state index is 0.542. The van der Waals surface area contributed by atoms with Crippen LogP contribution in [0.25, 0.3) is 0 Å². The second-order valence-electron chi connectivity index (χ2n) is 3.80. The summed E-state index contributed by atoms with van der Waals surface area (Å²) in [7, 11) is 2.16. The van der Waals surface area contributed by atoms with Crippen LogP contribution in [-0.2, 0) is 6.54 Å². The molecule has 0 N–H and O–H groups in total. The highest BCUT2D eigenvalue weighted by Crippen LogP contribution is 2.24. The molecule has 0 aromatic carbocycles. The summed E-state index contributed by atoms with van der Waals surface area (Å²) < 4.78 is 0.542. The van der Waals surface area contributed by atoms with E-state index in [9.17, 15) is 0 Å². The van der Waals surface area contributed by atoms with Crippen LogP contribution in [0.15, 0.2) is 0 Å². The molecule has 5 heteroatoms. The number of nitrogens with zero attached hydrogens (tertiary/aromatic N) is 3. The molecule has 2 rings (SSSR count). The van der Waals surface area contributed by atoms with Crippen LogP contribution < -0.4 is 0 Å². The average molecular weight is 232 g/mol. The summed E-state index contributed by atoms with van der Waals surface area (Å²) in [5, 5.41) is 8.84. The Hall–Kier alpha value is -0.190. The first-order valence-corrected chi connectivity index (χ1v) is 6.13. The number of rotatable bonds is 3. The first kappa shape index (κ1) is 10.3. The van der Waals surface area contributed by atoms with E-state index >= 15 is 0 Å². The summed E-state index contributed by atoms with van der Waals surface area (Å²) in [5.74, 6) is 0. The van der Waals surface area contributed by atoms with Crippen molar-refractivity contribution in [3.05, 3.63) is 9.47 Å². The second-order valence-corrected chi connectivity index (χ2v) is 5.45. The lowest BCUT2D eigenvalue weighted by Crippen LogP contribution is -2.28. The third-order valence-corrected chi connectivity index (χ3v) is 3.78. The molecule has 1 fully saturated rings. The van der Waals surface area contributed by atoms with Crippen LogP contribution in [0.2, 0.25) is 4.47 Å². The van der Waals surface area contributed by atoms with Crippen LogP contribution in [0.5, 0.6) is 0 Å². The zero-order valence-electron chi connectivity index (χ0n) is 8.24. The van der Waals surface area contributed by atoms with E-state index in [4.69, 9.17) is 11.6 Å². The van der Waals surface area contributed by atoms with Gasteiger partial charge in [0.25, 0.3) is 0 Å². The van der Waals surface area contributed by atoms with Crippen molar-refractivity contribution in [2.75, 3.05) is 7.05 Å².